The molecule has 8 heteroatoms. The van der Waals surface area contributed by atoms with Gasteiger partial charge in [0.1, 0.15) is 5.75 Å². The molecule has 1 N–H and O–H groups in total. The molecule has 0 aromatic heterocycles. The van der Waals surface area contributed by atoms with Gasteiger partial charge in [0.05, 0.1) is 17.1 Å². The van der Waals surface area contributed by atoms with Crippen molar-refractivity contribution < 1.29 is 17.9 Å². The Morgan fingerprint density at radius 2 is 1.68 bits per heavy atom. The number of fused-ring (bicyclic) bond motifs is 1. The minimum Gasteiger partial charge on any atom is -0.476 e. The molecule has 31 heavy (non-hydrogen) atoms. The SMILES string of the molecule is Cc1ccc(S(=O)(=O)N2C[C@@H](C(=O)NC3CCN(C)CC3)Oc3cc(C)ccc32)cc1. The van der Waals surface area contributed by atoms with Crippen LogP contribution in [0.25, 0.3) is 0 Å². The summed E-state index contributed by atoms with van der Waals surface area (Å²) in [7, 11) is -1.78. The Balaban J connectivity index is 1.62. The fraction of sp³-hybridized carbons (Fsp3) is 0.435. The molecule has 7 nitrogen and oxygen atoms in total. The number of benzene rings is 2. The fourth-order valence-corrected chi connectivity index (χ4v) is 5.49. The van der Waals surface area contributed by atoms with Gasteiger partial charge in [0, 0.05) is 6.04 Å². The molecule has 2 aliphatic heterocycles. The van der Waals surface area contributed by atoms with Gasteiger partial charge in [0.2, 0.25) is 0 Å². The van der Waals surface area contributed by atoms with Gasteiger partial charge in [-0.25, -0.2) is 8.42 Å². The molecule has 1 amide bonds. The standard InChI is InChI=1S/C23H29N3O4S/c1-16-4-7-19(8-5-16)31(28,29)26-15-22(30-21-14-17(2)6-9-20(21)26)23(27)24-18-10-12-25(3)13-11-18/h4-9,14,18,22H,10-13,15H2,1-3H3,(H,24,27)/t22-/m0/s1. The van der Waals surface area contributed by atoms with Crippen molar-refractivity contribution in [2.45, 2.75) is 43.7 Å². The van der Waals surface area contributed by atoms with Gasteiger partial charge in [-0.15, -0.1) is 0 Å². The number of hydrogen-bond acceptors (Lipinski definition) is 5. The van der Waals surface area contributed by atoms with Gasteiger partial charge in [-0.05, 0) is 76.7 Å². The number of carbonyl (C=O) groups excluding carboxylic acids is 1. The summed E-state index contributed by atoms with van der Waals surface area (Å²) in [6, 6.07) is 12.2. The molecule has 1 saturated heterocycles. The first-order valence-corrected chi connectivity index (χ1v) is 12.0. The number of likely N-dealkylation sites (tertiary alicyclic amines) is 1. The average Bonchev–Trinajstić information content (AvgIpc) is 2.74. The molecule has 4 rings (SSSR count). The van der Waals surface area contributed by atoms with E-state index >= 15 is 0 Å². The number of rotatable bonds is 4. The Hall–Kier alpha value is -2.58. The molecular weight excluding hydrogens is 414 g/mol. The molecule has 0 bridgehead atoms. The largest absolute Gasteiger partial charge is 0.476 e. The minimum atomic E-state index is -3.85. The Morgan fingerprint density at radius 3 is 2.35 bits per heavy atom. The van der Waals surface area contributed by atoms with E-state index in [1.54, 1.807) is 36.4 Å². The summed E-state index contributed by atoms with van der Waals surface area (Å²) in [4.78, 5) is 15.5. The van der Waals surface area contributed by atoms with Crippen LogP contribution in [0.2, 0.25) is 0 Å². The number of amides is 1. The third kappa shape index (κ3) is 4.55. The number of nitrogens with one attached hydrogen (secondary N) is 1. The highest BCUT2D eigenvalue weighted by Gasteiger charge is 2.38. The lowest BCUT2D eigenvalue weighted by Gasteiger charge is -2.36. The van der Waals surface area contributed by atoms with Crippen molar-refractivity contribution >= 4 is 21.6 Å². The third-order valence-corrected chi connectivity index (χ3v) is 7.75. The summed E-state index contributed by atoms with van der Waals surface area (Å²) in [5.74, 6) is 0.135. The summed E-state index contributed by atoms with van der Waals surface area (Å²) in [5, 5.41) is 3.06. The molecule has 2 aliphatic rings. The minimum absolute atomic E-state index is 0.0648. The quantitative estimate of drug-likeness (QED) is 0.785. The Bertz CT molecular complexity index is 1060. The molecule has 0 unspecified atom stereocenters. The Morgan fingerprint density at radius 1 is 1.03 bits per heavy atom. The summed E-state index contributed by atoms with van der Waals surface area (Å²) in [6.45, 7) is 5.60. The van der Waals surface area contributed by atoms with Gasteiger partial charge in [0.15, 0.2) is 6.10 Å². The zero-order chi connectivity index (χ0) is 22.2. The maximum absolute atomic E-state index is 13.5. The smallest absolute Gasteiger partial charge is 0.264 e. The topological polar surface area (TPSA) is 79.0 Å². The fourth-order valence-electron chi connectivity index (χ4n) is 4.01. The summed E-state index contributed by atoms with van der Waals surface area (Å²) >= 11 is 0. The monoisotopic (exact) mass is 443 g/mol. The molecule has 1 fully saturated rings. The average molecular weight is 444 g/mol. The predicted molar refractivity (Wildman–Crippen MR) is 120 cm³/mol. The number of hydrogen-bond donors (Lipinski definition) is 1. The van der Waals surface area contributed by atoms with E-state index in [0.29, 0.717) is 11.4 Å². The van der Waals surface area contributed by atoms with E-state index in [9.17, 15) is 13.2 Å². The van der Waals surface area contributed by atoms with E-state index in [-0.39, 0.29) is 23.4 Å². The van der Waals surface area contributed by atoms with Crippen molar-refractivity contribution in [3.05, 3.63) is 53.6 Å². The van der Waals surface area contributed by atoms with Crippen LogP contribution in [-0.2, 0) is 14.8 Å². The van der Waals surface area contributed by atoms with Crippen LogP contribution in [-0.4, -0.2) is 58.1 Å². The highest BCUT2D eigenvalue weighted by atomic mass is 32.2. The molecule has 166 valence electrons. The van der Waals surface area contributed by atoms with Crippen molar-refractivity contribution in [2.75, 3.05) is 31.0 Å². The Kier molecular flexibility index (Phi) is 5.94. The van der Waals surface area contributed by atoms with Crippen LogP contribution in [0.1, 0.15) is 24.0 Å². The van der Waals surface area contributed by atoms with Crippen molar-refractivity contribution in [3.63, 3.8) is 0 Å². The number of sulfonamides is 1. The van der Waals surface area contributed by atoms with E-state index in [1.807, 2.05) is 19.9 Å². The van der Waals surface area contributed by atoms with Crippen molar-refractivity contribution in [3.8, 4) is 5.75 Å². The van der Waals surface area contributed by atoms with E-state index in [1.165, 1.54) is 4.31 Å². The van der Waals surface area contributed by atoms with Gasteiger partial charge in [-0.3, -0.25) is 9.10 Å². The lowest BCUT2D eigenvalue weighted by atomic mass is 10.1. The highest BCUT2D eigenvalue weighted by molar-refractivity contribution is 7.92. The van der Waals surface area contributed by atoms with Crippen LogP contribution in [0.5, 0.6) is 5.75 Å². The van der Waals surface area contributed by atoms with Crippen molar-refractivity contribution in [2.24, 2.45) is 0 Å². The molecule has 0 radical (unpaired) electrons. The highest BCUT2D eigenvalue weighted by Crippen LogP contribution is 2.37. The molecule has 0 spiro atoms. The second kappa shape index (κ2) is 8.51. The van der Waals surface area contributed by atoms with Crippen LogP contribution in [0.15, 0.2) is 47.4 Å². The van der Waals surface area contributed by atoms with E-state index in [2.05, 4.69) is 17.3 Å². The van der Waals surface area contributed by atoms with Gasteiger partial charge < -0.3 is 15.0 Å². The van der Waals surface area contributed by atoms with Crippen LogP contribution >= 0.6 is 0 Å². The lowest BCUT2D eigenvalue weighted by Crippen LogP contribution is -2.53. The predicted octanol–water partition coefficient (Wildman–Crippen LogP) is 2.47. The number of carbonyl (C=O) groups is 1. The second-order valence-corrected chi connectivity index (χ2v) is 10.4. The first-order valence-electron chi connectivity index (χ1n) is 10.6. The number of anilines is 1. The number of ether oxygens (including phenoxy) is 1. The molecule has 2 aromatic rings. The van der Waals surface area contributed by atoms with Gasteiger partial charge >= 0.3 is 0 Å². The number of piperidine rings is 1. The Labute approximate surface area is 184 Å². The van der Waals surface area contributed by atoms with Crippen molar-refractivity contribution in [1.82, 2.24) is 10.2 Å². The van der Waals surface area contributed by atoms with Crippen LogP contribution in [0.4, 0.5) is 5.69 Å². The van der Waals surface area contributed by atoms with Crippen LogP contribution in [0.3, 0.4) is 0 Å². The summed E-state index contributed by atoms with van der Waals surface area (Å²) < 4.78 is 34.2. The number of nitrogens with zero attached hydrogens (tertiary/aromatic N) is 2. The van der Waals surface area contributed by atoms with E-state index in [4.69, 9.17) is 4.74 Å². The zero-order valence-electron chi connectivity index (χ0n) is 18.2. The molecule has 2 heterocycles. The van der Waals surface area contributed by atoms with Gasteiger partial charge in [-0.1, -0.05) is 23.8 Å². The van der Waals surface area contributed by atoms with Gasteiger partial charge in [0.25, 0.3) is 15.9 Å². The first-order chi connectivity index (χ1) is 14.7. The zero-order valence-corrected chi connectivity index (χ0v) is 19.0. The molecule has 0 saturated carbocycles. The summed E-state index contributed by atoms with van der Waals surface area (Å²) in [5.41, 5.74) is 2.37. The number of aryl methyl sites for hydroxylation is 2. The first kappa shape index (κ1) is 21.6. The maximum atomic E-state index is 13.5. The molecule has 2 aromatic carbocycles. The maximum Gasteiger partial charge on any atom is 0.264 e. The third-order valence-electron chi connectivity index (χ3n) is 5.95. The van der Waals surface area contributed by atoms with E-state index < -0.39 is 16.1 Å². The normalized spacial score (nSPS) is 20.1. The van der Waals surface area contributed by atoms with E-state index in [0.717, 1.165) is 37.1 Å². The van der Waals surface area contributed by atoms with Gasteiger partial charge in [-0.2, -0.15) is 0 Å². The lowest BCUT2D eigenvalue weighted by molar-refractivity contribution is -0.128. The van der Waals surface area contributed by atoms with Crippen LogP contribution in [0, 0.1) is 13.8 Å². The molecule has 0 aliphatic carbocycles. The second-order valence-electron chi connectivity index (χ2n) is 8.51. The van der Waals surface area contributed by atoms with Crippen LogP contribution < -0.4 is 14.4 Å². The summed E-state index contributed by atoms with van der Waals surface area (Å²) in [6.07, 6.45) is 0.834. The van der Waals surface area contributed by atoms with Crippen molar-refractivity contribution in [1.29, 1.82) is 0 Å². The molecule has 1 atom stereocenters. The molecular formula is C23H29N3O4S.